The lowest BCUT2D eigenvalue weighted by Gasteiger charge is -2.13. The Hall–Kier alpha value is -1.35. The first-order valence-corrected chi connectivity index (χ1v) is 6.56. The van der Waals surface area contributed by atoms with Crippen LogP contribution in [0.4, 0.5) is 0 Å². The molecule has 1 rings (SSSR count). The van der Waals surface area contributed by atoms with Crippen molar-refractivity contribution in [2.45, 2.75) is 32.6 Å². The monoisotopic (exact) mass is 249 g/mol. The maximum atomic E-state index is 11.6. The minimum Gasteiger partial charge on any atom is -0.396 e. The van der Waals surface area contributed by atoms with Gasteiger partial charge < -0.3 is 10.4 Å². The predicted molar refractivity (Wildman–Crippen MR) is 73.4 cm³/mol. The van der Waals surface area contributed by atoms with Crippen LogP contribution in [0.15, 0.2) is 30.3 Å². The van der Waals surface area contributed by atoms with Gasteiger partial charge in [-0.05, 0) is 23.8 Å². The van der Waals surface area contributed by atoms with E-state index in [1.54, 1.807) is 0 Å². The average molecular weight is 249 g/mol. The molecule has 100 valence electrons. The molecule has 2 unspecified atom stereocenters. The standard InChI is InChI=1S/C15H23NO2/c1-12(11-17)10-16-15(18)9-8-13(2)14-6-4-3-5-7-14/h3-7,12-13,17H,8-11H2,1-2H3,(H,16,18). The highest BCUT2D eigenvalue weighted by Crippen LogP contribution is 2.19. The van der Waals surface area contributed by atoms with Gasteiger partial charge in [0.15, 0.2) is 0 Å². The van der Waals surface area contributed by atoms with E-state index in [-0.39, 0.29) is 18.4 Å². The van der Waals surface area contributed by atoms with Crippen LogP contribution in [0, 0.1) is 5.92 Å². The molecular weight excluding hydrogens is 226 g/mol. The van der Waals surface area contributed by atoms with E-state index in [0.717, 1.165) is 6.42 Å². The fourth-order valence-electron chi connectivity index (χ4n) is 1.74. The molecule has 2 atom stereocenters. The van der Waals surface area contributed by atoms with E-state index in [0.29, 0.717) is 18.9 Å². The van der Waals surface area contributed by atoms with Crippen LogP contribution in [0.1, 0.15) is 38.2 Å². The van der Waals surface area contributed by atoms with Crippen molar-refractivity contribution in [3.63, 3.8) is 0 Å². The molecule has 2 N–H and O–H groups in total. The SMILES string of the molecule is CC(CO)CNC(=O)CCC(C)c1ccccc1. The number of rotatable bonds is 7. The lowest BCUT2D eigenvalue weighted by Crippen LogP contribution is -2.29. The number of benzene rings is 1. The molecule has 0 spiro atoms. The van der Waals surface area contributed by atoms with Gasteiger partial charge in [-0.25, -0.2) is 0 Å². The Balaban J connectivity index is 2.26. The van der Waals surface area contributed by atoms with Crippen molar-refractivity contribution >= 4 is 5.91 Å². The van der Waals surface area contributed by atoms with Crippen molar-refractivity contribution in [2.24, 2.45) is 5.92 Å². The quantitative estimate of drug-likeness (QED) is 0.779. The second kappa shape index (κ2) is 7.88. The number of nitrogens with one attached hydrogen (secondary N) is 1. The average Bonchev–Trinajstić information content (AvgIpc) is 2.42. The molecule has 0 saturated carbocycles. The zero-order chi connectivity index (χ0) is 13.4. The Kier molecular flexibility index (Phi) is 6.44. The van der Waals surface area contributed by atoms with Crippen LogP contribution in [-0.4, -0.2) is 24.2 Å². The van der Waals surface area contributed by atoms with E-state index in [4.69, 9.17) is 5.11 Å². The van der Waals surface area contributed by atoms with Gasteiger partial charge in [0.1, 0.15) is 0 Å². The van der Waals surface area contributed by atoms with Crippen LogP contribution in [0.25, 0.3) is 0 Å². The first-order chi connectivity index (χ1) is 8.63. The van der Waals surface area contributed by atoms with Crippen LogP contribution in [0.3, 0.4) is 0 Å². The van der Waals surface area contributed by atoms with Crippen molar-refractivity contribution < 1.29 is 9.90 Å². The molecule has 3 nitrogen and oxygen atoms in total. The number of amides is 1. The molecule has 0 fully saturated rings. The molecule has 0 aromatic heterocycles. The number of aliphatic hydroxyl groups is 1. The lowest BCUT2D eigenvalue weighted by atomic mass is 9.96. The second-order valence-electron chi connectivity index (χ2n) is 4.94. The fraction of sp³-hybridized carbons (Fsp3) is 0.533. The Labute approximate surface area is 109 Å². The third-order valence-corrected chi connectivity index (χ3v) is 3.13. The van der Waals surface area contributed by atoms with E-state index in [1.807, 2.05) is 25.1 Å². The molecule has 0 saturated heterocycles. The molecule has 0 radical (unpaired) electrons. The Morgan fingerprint density at radius 3 is 2.56 bits per heavy atom. The summed E-state index contributed by atoms with van der Waals surface area (Å²) in [5, 5.41) is 11.7. The maximum Gasteiger partial charge on any atom is 0.220 e. The summed E-state index contributed by atoms with van der Waals surface area (Å²) in [6, 6.07) is 10.2. The molecule has 1 aromatic rings. The van der Waals surface area contributed by atoms with E-state index >= 15 is 0 Å². The highest BCUT2D eigenvalue weighted by atomic mass is 16.3. The van der Waals surface area contributed by atoms with Gasteiger partial charge in [0.25, 0.3) is 0 Å². The van der Waals surface area contributed by atoms with Gasteiger partial charge in [0.05, 0.1) is 0 Å². The second-order valence-corrected chi connectivity index (χ2v) is 4.94. The number of hydrogen-bond donors (Lipinski definition) is 2. The molecule has 18 heavy (non-hydrogen) atoms. The van der Waals surface area contributed by atoms with Gasteiger partial charge in [-0.2, -0.15) is 0 Å². The van der Waals surface area contributed by atoms with E-state index < -0.39 is 0 Å². The van der Waals surface area contributed by atoms with Crippen LogP contribution in [-0.2, 0) is 4.79 Å². The highest BCUT2D eigenvalue weighted by molar-refractivity contribution is 5.75. The summed E-state index contributed by atoms with van der Waals surface area (Å²) >= 11 is 0. The fourth-order valence-corrected chi connectivity index (χ4v) is 1.74. The van der Waals surface area contributed by atoms with Gasteiger partial charge in [-0.15, -0.1) is 0 Å². The summed E-state index contributed by atoms with van der Waals surface area (Å²) < 4.78 is 0. The maximum absolute atomic E-state index is 11.6. The smallest absolute Gasteiger partial charge is 0.220 e. The molecule has 0 aliphatic carbocycles. The zero-order valence-corrected chi connectivity index (χ0v) is 11.2. The largest absolute Gasteiger partial charge is 0.396 e. The van der Waals surface area contributed by atoms with E-state index in [9.17, 15) is 4.79 Å². The number of carbonyl (C=O) groups is 1. The Morgan fingerprint density at radius 2 is 1.94 bits per heavy atom. The van der Waals surface area contributed by atoms with Crippen LogP contribution in [0.2, 0.25) is 0 Å². The van der Waals surface area contributed by atoms with E-state index in [1.165, 1.54) is 5.56 Å². The summed E-state index contributed by atoms with van der Waals surface area (Å²) in [6.45, 7) is 4.71. The van der Waals surface area contributed by atoms with Crippen molar-refractivity contribution in [2.75, 3.05) is 13.2 Å². The Bertz CT molecular complexity index is 351. The van der Waals surface area contributed by atoms with Crippen LogP contribution in [0.5, 0.6) is 0 Å². The number of hydrogen-bond acceptors (Lipinski definition) is 2. The van der Waals surface area contributed by atoms with Gasteiger partial charge in [0, 0.05) is 19.6 Å². The van der Waals surface area contributed by atoms with Crippen molar-refractivity contribution in [1.82, 2.24) is 5.32 Å². The van der Waals surface area contributed by atoms with Crippen molar-refractivity contribution in [3.8, 4) is 0 Å². The number of aliphatic hydroxyl groups excluding tert-OH is 1. The minimum absolute atomic E-state index is 0.0677. The highest BCUT2D eigenvalue weighted by Gasteiger charge is 2.09. The predicted octanol–water partition coefficient (Wildman–Crippen LogP) is 2.31. The summed E-state index contributed by atoms with van der Waals surface area (Å²) in [4.78, 5) is 11.6. The molecule has 0 aliphatic rings. The molecule has 1 aromatic carbocycles. The van der Waals surface area contributed by atoms with Gasteiger partial charge in [-0.1, -0.05) is 44.2 Å². The molecule has 0 bridgehead atoms. The summed E-state index contributed by atoms with van der Waals surface area (Å²) in [6.07, 6.45) is 1.39. The molecule has 0 aliphatic heterocycles. The van der Waals surface area contributed by atoms with Gasteiger partial charge in [-0.3, -0.25) is 4.79 Å². The van der Waals surface area contributed by atoms with Crippen LogP contribution < -0.4 is 5.32 Å². The lowest BCUT2D eigenvalue weighted by molar-refractivity contribution is -0.121. The topological polar surface area (TPSA) is 49.3 Å². The van der Waals surface area contributed by atoms with Crippen molar-refractivity contribution in [1.29, 1.82) is 0 Å². The molecule has 3 heteroatoms. The van der Waals surface area contributed by atoms with Gasteiger partial charge in [0.2, 0.25) is 5.91 Å². The third-order valence-electron chi connectivity index (χ3n) is 3.13. The number of carbonyl (C=O) groups excluding carboxylic acids is 1. The normalized spacial score (nSPS) is 13.9. The molecule has 0 heterocycles. The first kappa shape index (κ1) is 14.7. The summed E-state index contributed by atoms with van der Waals surface area (Å²) in [5.74, 6) is 0.589. The Morgan fingerprint density at radius 1 is 1.28 bits per heavy atom. The van der Waals surface area contributed by atoms with Gasteiger partial charge >= 0.3 is 0 Å². The minimum atomic E-state index is 0.0677. The van der Waals surface area contributed by atoms with Crippen LogP contribution >= 0.6 is 0 Å². The third kappa shape index (κ3) is 5.32. The molecule has 1 amide bonds. The first-order valence-electron chi connectivity index (χ1n) is 6.56. The summed E-state index contributed by atoms with van der Waals surface area (Å²) in [7, 11) is 0. The molecular formula is C15H23NO2. The van der Waals surface area contributed by atoms with Crippen molar-refractivity contribution in [3.05, 3.63) is 35.9 Å². The zero-order valence-electron chi connectivity index (χ0n) is 11.2. The summed E-state index contributed by atoms with van der Waals surface area (Å²) in [5.41, 5.74) is 1.27. The van der Waals surface area contributed by atoms with E-state index in [2.05, 4.69) is 24.4 Å².